The molecular weight excluding hydrogens is 360 g/mol. The number of aliphatic carboxylic acids is 1. The van der Waals surface area contributed by atoms with Gasteiger partial charge in [-0.05, 0) is 48.2 Å². The van der Waals surface area contributed by atoms with Crippen LogP contribution in [0.25, 0.3) is 0 Å². The Labute approximate surface area is 163 Å². The van der Waals surface area contributed by atoms with Gasteiger partial charge in [-0.2, -0.15) is 0 Å². The molecule has 1 amide bonds. The fourth-order valence-corrected chi connectivity index (χ4v) is 3.14. The summed E-state index contributed by atoms with van der Waals surface area (Å²) in [4.78, 5) is 27.2. The maximum Gasteiger partial charge on any atom is 0.304 e. The van der Waals surface area contributed by atoms with Gasteiger partial charge < -0.3 is 26.2 Å². The number of amides is 1. The molecule has 1 atom stereocenters. The fourth-order valence-electron chi connectivity index (χ4n) is 3.14. The van der Waals surface area contributed by atoms with Crippen LogP contribution in [0.2, 0.25) is 0 Å². The molecule has 0 saturated carbocycles. The minimum Gasteiger partial charge on any atom is -0.494 e. The summed E-state index contributed by atoms with van der Waals surface area (Å²) in [7, 11) is 0. The number of nitrogens with zero attached hydrogens (tertiary/aromatic N) is 1. The molecule has 3 rings (SSSR count). The van der Waals surface area contributed by atoms with E-state index in [-0.39, 0.29) is 12.3 Å². The summed E-state index contributed by atoms with van der Waals surface area (Å²) < 4.78 is 5.80. The third-order valence-electron chi connectivity index (χ3n) is 4.56. The number of hydrogen-bond acceptors (Lipinski definition) is 6. The third-order valence-corrected chi connectivity index (χ3v) is 4.56. The number of fused-ring (bicyclic) bond motifs is 1. The number of ether oxygens (including phenoxy) is 1. The van der Waals surface area contributed by atoms with Gasteiger partial charge in [0.2, 0.25) is 5.91 Å². The smallest absolute Gasteiger partial charge is 0.304 e. The number of benzene rings is 1. The Kier molecular flexibility index (Phi) is 6.31. The summed E-state index contributed by atoms with van der Waals surface area (Å²) in [6.07, 6.45) is 1.04. The summed E-state index contributed by atoms with van der Waals surface area (Å²) in [5.41, 5.74) is 7.58. The zero-order valence-electron chi connectivity index (χ0n) is 15.5. The van der Waals surface area contributed by atoms with Crippen LogP contribution in [0.1, 0.15) is 24.0 Å². The first-order valence-corrected chi connectivity index (χ1v) is 9.22. The SMILES string of the molecule is Nc1cccc(NCCCOc2ccc3c(c2)CNC(=O)C(CC(=O)O)C3)n1. The monoisotopic (exact) mass is 384 g/mol. The van der Waals surface area contributed by atoms with Gasteiger partial charge in [-0.1, -0.05) is 12.1 Å². The molecule has 5 N–H and O–H groups in total. The van der Waals surface area contributed by atoms with Gasteiger partial charge in [0.1, 0.15) is 17.4 Å². The summed E-state index contributed by atoms with van der Waals surface area (Å²) in [5, 5.41) is 15.0. The van der Waals surface area contributed by atoms with Gasteiger partial charge >= 0.3 is 5.97 Å². The van der Waals surface area contributed by atoms with E-state index in [4.69, 9.17) is 15.6 Å². The van der Waals surface area contributed by atoms with Crippen LogP contribution in [0, 0.1) is 5.92 Å². The summed E-state index contributed by atoms with van der Waals surface area (Å²) in [6.45, 7) is 1.61. The Bertz CT molecular complexity index is 856. The second-order valence-corrected chi connectivity index (χ2v) is 6.72. The number of carboxylic acid groups (broad SMARTS) is 1. The molecule has 1 aromatic heterocycles. The molecule has 1 aliphatic rings. The van der Waals surface area contributed by atoms with Crippen LogP contribution in [0.5, 0.6) is 5.75 Å². The molecule has 8 heteroatoms. The molecule has 0 bridgehead atoms. The van der Waals surface area contributed by atoms with Gasteiger partial charge in [0.05, 0.1) is 18.9 Å². The number of carbonyl (C=O) groups excluding carboxylic acids is 1. The fraction of sp³-hybridized carbons (Fsp3) is 0.350. The lowest BCUT2D eigenvalue weighted by Crippen LogP contribution is -2.30. The number of carbonyl (C=O) groups is 2. The first-order valence-electron chi connectivity index (χ1n) is 9.22. The predicted octanol–water partition coefficient (Wildman–Crippen LogP) is 1.81. The van der Waals surface area contributed by atoms with Gasteiger partial charge in [-0.25, -0.2) is 4.98 Å². The number of nitrogens with one attached hydrogen (secondary N) is 2. The quantitative estimate of drug-likeness (QED) is 0.511. The van der Waals surface area contributed by atoms with Crippen molar-refractivity contribution in [3.63, 3.8) is 0 Å². The Balaban J connectivity index is 1.50. The highest BCUT2D eigenvalue weighted by atomic mass is 16.5. The summed E-state index contributed by atoms with van der Waals surface area (Å²) in [5.74, 6) is 0.206. The van der Waals surface area contributed by atoms with Crippen LogP contribution in [0.15, 0.2) is 36.4 Å². The van der Waals surface area contributed by atoms with E-state index in [2.05, 4.69) is 15.6 Å². The molecule has 148 valence electrons. The molecule has 0 radical (unpaired) electrons. The normalized spacial score (nSPS) is 15.9. The van der Waals surface area contributed by atoms with Crippen molar-refractivity contribution in [3.8, 4) is 5.75 Å². The van der Waals surface area contributed by atoms with Crippen molar-refractivity contribution in [3.05, 3.63) is 47.5 Å². The van der Waals surface area contributed by atoms with Gasteiger partial charge in [0.25, 0.3) is 0 Å². The summed E-state index contributed by atoms with van der Waals surface area (Å²) in [6, 6.07) is 11.1. The van der Waals surface area contributed by atoms with E-state index in [0.717, 1.165) is 29.1 Å². The van der Waals surface area contributed by atoms with Gasteiger partial charge in [-0.3, -0.25) is 9.59 Å². The number of nitrogens with two attached hydrogens (primary N) is 1. The molecule has 1 unspecified atom stereocenters. The maximum absolute atomic E-state index is 12.1. The van der Waals surface area contributed by atoms with Crippen LogP contribution in [-0.2, 0) is 22.6 Å². The second kappa shape index (κ2) is 9.07. The molecular formula is C20H24N4O4. The van der Waals surface area contributed by atoms with Gasteiger partial charge in [0, 0.05) is 13.1 Å². The Morgan fingerprint density at radius 3 is 2.96 bits per heavy atom. The third kappa shape index (κ3) is 5.35. The van der Waals surface area contributed by atoms with Crippen LogP contribution in [0.3, 0.4) is 0 Å². The van der Waals surface area contributed by atoms with E-state index >= 15 is 0 Å². The summed E-state index contributed by atoms with van der Waals surface area (Å²) >= 11 is 0. The van der Waals surface area contributed by atoms with E-state index in [1.807, 2.05) is 30.3 Å². The number of hydrogen-bond donors (Lipinski definition) is 4. The Morgan fingerprint density at radius 2 is 2.18 bits per heavy atom. The van der Waals surface area contributed by atoms with Crippen molar-refractivity contribution in [2.45, 2.75) is 25.8 Å². The highest BCUT2D eigenvalue weighted by molar-refractivity contribution is 5.84. The molecule has 1 aliphatic heterocycles. The lowest BCUT2D eigenvalue weighted by Gasteiger charge is -2.12. The minimum absolute atomic E-state index is 0.168. The van der Waals surface area contributed by atoms with Crippen molar-refractivity contribution in [1.82, 2.24) is 10.3 Å². The number of carboxylic acids is 1. The zero-order valence-corrected chi connectivity index (χ0v) is 15.5. The maximum atomic E-state index is 12.1. The first-order chi connectivity index (χ1) is 13.5. The van der Waals surface area contributed by atoms with E-state index in [0.29, 0.717) is 31.9 Å². The van der Waals surface area contributed by atoms with Crippen LogP contribution in [0.4, 0.5) is 11.6 Å². The topological polar surface area (TPSA) is 127 Å². The molecule has 2 heterocycles. The van der Waals surface area contributed by atoms with Crippen molar-refractivity contribution >= 4 is 23.5 Å². The number of pyridine rings is 1. The molecule has 0 fully saturated rings. The number of rotatable bonds is 8. The minimum atomic E-state index is -0.967. The number of nitrogen functional groups attached to an aromatic ring is 1. The zero-order chi connectivity index (χ0) is 19.9. The highest BCUT2D eigenvalue weighted by Gasteiger charge is 2.26. The van der Waals surface area contributed by atoms with E-state index in [1.54, 1.807) is 6.07 Å². The highest BCUT2D eigenvalue weighted by Crippen LogP contribution is 2.24. The number of aromatic nitrogens is 1. The Hall–Kier alpha value is -3.29. The first kappa shape index (κ1) is 19.5. The standard InChI is InChI=1S/C20H24N4O4/c21-17-3-1-4-18(24-17)22-7-2-8-28-16-6-5-13-9-14(11-19(25)26)20(27)23-12-15(13)10-16/h1,3-6,10,14H,2,7-9,11-12H2,(H,23,27)(H,25,26)(H3,21,22,24). The van der Waals surface area contributed by atoms with Crippen molar-refractivity contribution in [1.29, 1.82) is 0 Å². The molecule has 1 aromatic carbocycles. The molecule has 8 nitrogen and oxygen atoms in total. The van der Waals surface area contributed by atoms with Crippen LogP contribution >= 0.6 is 0 Å². The second-order valence-electron chi connectivity index (χ2n) is 6.72. The van der Waals surface area contributed by atoms with Crippen LogP contribution in [-0.4, -0.2) is 35.1 Å². The van der Waals surface area contributed by atoms with E-state index in [9.17, 15) is 9.59 Å². The predicted molar refractivity (Wildman–Crippen MR) is 105 cm³/mol. The van der Waals surface area contributed by atoms with Gasteiger partial charge in [0.15, 0.2) is 0 Å². The Morgan fingerprint density at radius 1 is 1.32 bits per heavy atom. The molecule has 28 heavy (non-hydrogen) atoms. The largest absolute Gasteiger partial charge is 0.494 e. The average molecular weight is 384 g/mol. The van der Waals surface area contributed by atoms with Crippen LogP contribution < -0.4 is 21.1 Å². The average Bonchev–Trinajstić information content (AvgIpc) is 2.80. The lowest BCUT2D eigenvalue weighted by atomic mass is 9.94. The van der Waals surface area contributed by atoms with Crippen molar-refractivity contribution in [2.75, 3.05) is 24.2 Å². The lowest BCUT2D eigenvalue weighted by molar-refractivity contribution is -0.141. The molecule has 0 spiro atoms. The molecule has 0 saturated heterocycles. The van der Waals surface area contributed by atoms with Gasteiger partial charge in [-0.15, -0.1) is 0 Å². The number of anilines is 2. The van der Waals surface area contributed by atoms with Crippen molar-refractivity contribution in [2.24, 2.45) is 5.92 Å². The molecule has 2 aromatic rings. The molecule has 0 aliphatic carbocycles. The van der Waals surface area contributed by atoms with E-state index in [1.165, 1.54) is 0 Å². The van der Waals surface area contributed by atoms with E-state index < -0.39 is 11.9 Å². The van der Waals surface area contributed by atoms with Crippen molar-refractivity contribution < 1.29 is 19.4 Å².